The van der Waals surface area contributed by atoms with Gasteiger partial charge in [0.2, 0.25) is 0 Å². The molecule has 1 aromatic rings. The molecule has 7 heteroatoms. The van der Waals surface area contributed by atoms with Gasteiger partial charge in [-0.2, -0.15) is 11.8 Å². The van der Waals surface area contributed by atoms with Gasteiger partial charge in [0.1, 0.15) is 0 Å². The summed E-state index contributed by atoms with van der Waals surface area (Å²) < 4.78 is 10.6. The third kappa shape index (κ3) is 8.55. The molecule has 0 spiro atoms. The van der Waals surface area contributed by atoms with Crippen LogP contribution in [0.4, 0.5) is 0 Å². The topological polar surface area (TPSA) is 54.9 Å². The van der Waals surface area contributed by atoms with Gasteiger partial charge >= 0.3 is 0 Å². The summed E-state index contributed by atoms with van der Waals surface area (Å²) in [5.74, 6) is 3.48. The number of hydrogen-bond acceptors (Lipinski definition) is 4. The fourth-order valence-electron chi connectivity index (χ4n) is 2.03. The number of rotatable bonds is 9. The molecule has 0 heterocycles. The lowest BCUT2D eigenvalue weighted by Crippen LogP contribution is -2.38. The Labute approximate surface area is 161 Å². The number of benzene rings is 1. The van der Waals surface area contributed by atoms with Crippen molar-refractivity contribution < 1.29 is 9.47 Å². The first-order chi connectivity index (χ1) is 10.7. The third-order valence-electron chi connectivity index (χ3n) is 3.20. The van der Waals surface area contributed by atoms with Crippen molar-refractivity contribution in [3.05, 3.63) is 23.8 Å². The maximum Gasteiger partial charge on any atom is 0.191 e. The monoisotopic (exact) mass is 453 g/mol. The zero-order valence-electron chi connectivity index (χ0n) is 14.3. The lowest BCUT2D eigenvalue weighted by Gasteiger charge is -2.12. The smallest absolute Gasteiger partial charge is 0.191 e. The molecule has 0 amide bonds. The molecule has 0 atom stereocenters. The van der Waals surface area contributed by atoms with Crippen molar-refractivity contribution in [2.24, 2.45) is 4.99 Å². The lowest BCUT2D eigenvalue weighted by molar-refractivity contribution is 0.354. The van der Waals surface area contributed by atoms with Gasteiger partial charge < -0.3 is 20.1 Å². The quantitative estimate of drug-likeness (QED) is 0.261. The van der Waals surface area contributed by atoms with E-state index in [1.807, 2.05) is 23.9 Å². The van der Waals surface area contributed by atoms with Crippen molar-refractivity contribution in [1.29, 1.82) is 0 Å². The second kappa shape index (κ2) is 13.6. The number of guanidine groups is 1. The van der Waals surface area contributed by atoms with Crippen LogP contribution in [0.15, 0.2) is 23.2 Å². The Morgan fingerprint density at radius 3 is 2.43 bits per heavy atom. The van der Waals surface area contributed by atoms with E-state index in [-0.39, 0.29) is 24.0 Å². The van der Waals surface area contributed by atoms with Crippen LogP contribution in [0.2, 0.25) is 0 Å². The number of halogens is 1. The van der Waals surface area contributed by atoms with E-state index in [0.717, 1.165) is 49.1 Å². The van der Waals surface area contributed by atoms with Crippen LogP contribution in [0.25, 0.3) is 0 Å². The lowest BCUT2D eigenvalue weighted by atomic mass is 10.1. The van der Waals surface area contributed by atoms with E-state index in [9.17, 15) is 0 Å². The van der Waals surface area contributed by atoms with Gasteiger partial charge in [-0.1, -0.05) is 6.07 Å². The third-order valence-corrected chi connectivity index (χ3v) is 3.82. The van der Waals surface area contributed by atoms with Gasteiger partial charge in [-0.3, -0.25) is 4.99 Å². The summed E-state index contributed by atoms with van der Waals surface area (Å²) in [5.41, 5.74) is 1.24. The molecule has 0 fully saturated rings. The maximum atomic E-state index is 5.32. The molecule has 1 rings (SSSR count). The van der Waals surface area contributed by atoms with E-state index in [1.54, 1.807) is 21.3 Å². The Balaban J connectivity index is 0.00000484. The molecule has 0 bridgehead atoms. The summed E-state index contributed by atoms with van der Waals surface area (Å²) in [4.78, 5) is 4.20. The maximum absolute atomic E-state index is 5.32. The molecule has 0 aromatic heterocycles. The largest absolute Gasteiger partial charge is 0.493 e. The van der Waals surface area contributed by atoms with Gasteiger partial charge in [0.15, 0.2) is 17.5 Å². The number of methoxy groups -OCH3 is 2. The Morgan fingerprint density at radius 2 is 1.83 bits per heavy atom. The van der Waals surface area contributed by atoms with Crippen LogP contribution < -0.4 is 20.1 Å². The highest BCUT2D eigenvalue weighted by atomic mass is 127. The minimum Gasteiger partial charge on any atom is -0.493 e. The summed E-state index contributed by atoms with van der Waals surface area (Å²) in [5, 5.41) is 6.61. The summed E-state index contributed by atoms with van der Waals surface area (Å²) in [6.07, 6.45) is 4.11. The summed E-state index contributed by atoms with van der Waals surface area (Å²) in [7, 11) is 5.10. The van der Waals surface area contributed by atoms with Gasteiger partial charge in [-0.15, -0.1) is 24.0 Å². The predicted molar refractivity (Wildman–Crippen MR) is 111 cm³/mol. The van der Waals surface area contributed by atoms with E-state index >= 15 is 0 Å². The van der Waals surface area contributed by atoms with Crippen molar-refractivity contribution in [1.82, 2.24) is 10.6 Å². The van der Waals surface area contributed by atoms with E-state index in [0.29, 0.717) is 0 Å². The Hall–Kier alpha value is -0.830. The van der Waals surface area contributed by atoms with Crippen molar-refractivity contribution in [2.45, 2.75) is 12.8 Å². The molecule has 0 aliphatic carbocycles. The molecule has 0 unspecified atom stereocenters. The van der Waals surface area contributed by atoms with Crippen molar-refractivity contribution in [3.8, 4) is 11.5 Å². The van der Waals surface area contributed by atoms with Crippen molar-refractivity contribution in [2.75, 3.05) is 46.4 Å². The van der Waals surface area contributed by atoms with Gasteiger partial charge in [0.25, 0.3) is 0 Å². The summed E-state index contributed by atoms with van der Waals surface area (Å²) in [6.45, 7) is 1.81. The average molecular weight is 453 g/mol. The Morgan fingerprint density at radius 1 is 1.13 bits per heavy atom. The van der Waals surface area contributed by atoms with Crippen LogP contribution in [-0.4, -0.2) is 52.3 Å². The highest BCUT2D eigenvalue weighted by Gasteiger charge is 2.04. The second-order valence-corrected chi connectivity index (χ2v) is 5.70. The zero-order valence-corrected chi connectivity index (χ0v) is 17.5. The number of aliphatic imine (C=N–C) groups is 1. The van der Waals surface area contributed by atoms with Crippen LogP contribution in [0.5, 0.6) is 11.5 Å². The van der Waals surface area contributed by atoms with Gasteiger partial charge in [-0.25, -0.2) is 0 Å². The molecule has 5 nitrogen and oxygen atoms in total. The fourth-order valence-corrected chi connectivity index (χ4v) is 2.33. The Bertz CT molecular complexity index is 473. The van der Waals surface area contributed by atoms with Crippen LogP contribution in [0, 0.1) is 0 Å². The van der Waals surface area contributed by atoms with Crippen LogP contribution in [0.1, 0.15) is 12.0 Å². The van der Waals surface area contributed by atoms with Crippen LogP contribution >= 0.6 is 35.7 Å². The molecule has 1 aromatic carbocycles. The van der Waals surface area contributed by atoms with Gasteiger partial charge in [-0.05, 0) is 36.8 Å². The SMILES string of the molecule is CN=C(NCCCc1ccc(OC)c(OC)c1)NCCSC.I. The predicted octanol–water partition coefficient (Wildman–Crippen LogP) is 2.78. The van der Waals surface area contributed by atoms with E-state index in [2.05, 4.69) is 27.9 Å². The number of hydrogen-bond donors (Lipinski definition) is 2. The molecular weight excluding hydrogens is 425 g/mol. The summed E-state index contributed by atoms with van der Waals surface area (Å²) >= 11 is 1.82. The first-order valence-electron chi connectivity index (χ1n) is 7.39. The van der Waals surface area contributed by atoms with E-state index < -0.39 is 0 Å². The number of nitrogens with zero attached hydrogens (tertiary/aromatic N) is 1. The second-order valence-electron chi connectivity index (χ2n) is 4.71. The first-order valence-corrected chi connectivity index (χ1v) is 8.79. The molecule has 0 saturated carbocycles. The summed E-state index contributed by atoms with van der Waals surface area (Å²) in [6, 6.07) is 6.06. The number of aryl methyl sites for hydroxylation is 1. The molecule has 23 heavy (non-hydrogen) atoms. The molecular formula is C16H28IN3O2S. The first kappa shape index (κ1) is 22.2. The fraction of sp³-hybridized carbons (Fsp3) is 0.562. The van der Waals surface area contributed by atoms with Crippen LogP contribution in [-0.2, 0) is 6.42 Å². The van der Waals surface area contributed by atoms with Crippen LogP contribution in [0.3, 0.4) is 0 Å². The minimum atomic E-state index is 0. The number of thioether (sulfide) groups is 1. The molecule has 0 radical (unpaired) electrons. The highest BCUT2D eigenvalue weighted by molar-refractivity contribution is 14.0. The van der Waals surface area contributed by atoms with E-state index in [1.165, 1.54) is 5.56 Å². The average Bonchev–Trinajstić information content (AvgIpc) is 2.56. The standard InChI is InChI=1S/C16H27N3O2S.HI/c1-17-16(19-10-11-22-4)18-9-5-6-13-7-8-14(20-2)15(12-13)21-3;/h7-8,12H,5-6,9-11H2,1-4H3,(H2,17,18,19);1H. The molecule has 0 aliphatic heterocycles. The number of ether oxygens (including phenoxy) is 2. The number of nitrogens with one attached hydrogen (secondary N) is 2. The molecule has 2 N–H and O–H groups in total. The molecule has 0 aliphatic rings. The Kier molecular flexibility index (Phi) is 13.1. The van der Waals surface area contributed by atoms with Crippen molar-refractivity contribution in [3.63, 3.8) is 0 Å². The normalized spacial score (nSPS) is 10.7. The van der Waals surface area contributed by atoms with Gasteiger partial charge in [0.05, 0.1) is 14.2 Å². The van der Waals surface area contributed by atoms with Gasteiger partial charge in [0, 0.05) is 25.9 Å². The highest BCUT2D eigenvalue weighted by Crippen LogP contribution is 2.27. The molecule has 0 saturated heterocycles. The van der Waals surface area contributed by atoms with E-state index in [4.69, 9.17) is 9.47 Å². The minimum absolute atomic E-state index is 0. The zero-order chi connectivity index (χ0) is 16.2. The van der Waals surface area contributed by atoms with Crippen molar-refractivity contribution >= 4 is 41.7 Å². The molecule has 132 valence electrons.